The third kappa shape index (κ3) is 5.45. The number of hydrogen-bond acceptors (Lipinski definition) is 11. The van der Waals surface area contributed by atoms with Crippen LogP contribution >= 0.6 is 23.1 Å². The molecule has 12 nitrogen and oxygen atoms in total. The number of nitrogens with two attached hydrogens (primary N) is 1. The van der Waals surface area contributed by atoms with Gasteiger partial charge in [0, 0.05) is 23.6 Å². The predicted octanol–water partition coefficient (Wildman–Crippen LogP) is 0.404. The van der Waals surface area contributed by atoms with Gasteiger partial charge in [-0.25, -0.2) is 9.78 Å². The minimum atomic E-state index is -1.32. The molecule has 33 heavy (non-hydrogen) atoms. The van der Waals surface area contributed by atoms with Crippen molar-refractivity contribution in [3.05, 3.63) is 22.3 Å². The van der Waals surface area contributed by atoms with Gasteiger partial charge < -0.3 is 25.7 Å². The number of hydrogen-bond donors (Lipinski definition) is 3. The van der Waals surface area contributed by atoms with E-state index in [2.05, 4.69) is 15.5 Å². The van der Waals surface area contributed by atoms with Crippen molar-refractivity contribution in [2.45, 2.75) is 32.2 Å². The molecule has 3 heterocycles. The number of aliphatic carboxylic acids is 1. The van der Waals surface area contributed by atoms with E-state index in [9.17, 15) is 24.3 Å². The number of nitrogen functional groups attached to an aromatic ring is 1. The van der Waals surface area contributed by atoms with Crippen LogP contribution < -0.4 is 11.1 Å². The van der Waals surface area contributed by atoms with Gasteiger partial charge >= 0.3 is 11.9 Å². The molecule has 0 radical (unpaired) electrons. The van der Waals surface area contributed by atoms with E-state index in [1.807, 2.05) is 13.8 Å². The van der Waals surface area contributed by atoms with Crippen molar-refractivity contribution in [3.8, 4) is 0 Å². The Hall–Kier alpha value is -3.13. The van der Waals surface area contributed by atoms with Gasteiger partial charge in [0.25, 0.3) is 11.8 Å². The fraction of sp³-hybridized carbons (Fsp3) is 0.474. The van der Waals surface area contributed by atoms with Crippen molar-refractivity contribution >= 4 is 57.7 Å². The van der Waals surface area contributed by atoms with Gasteiger partial charge in [0.2, 0.25) is 0 Å². The zero-order chi connectivity index (χ0) is 24.3. The Bertz CT molecular complexity index is 1040. The third-order valence-electron chi connectivity index (χ3n) is 4.53. The molecule has 0 spiro atoms. The normalized spacial score (nSPS) is 20.3. The first kappa shape index (κ1) is 24.5. The Morgan fingerprint density at radius 3 is 2.73 bits per heavy atom. The van der Waals surface area contributed by atoms with Gasteiger partial charge in [-0.1, -0.05) is 19.0 Å². The second kappa shape index (κ2) is 10.2. The Morgan fingerprint density at radius 2 is 2.15 bits per heavy atom. The SMILES string of the molecule is CC(=O)OCC1=C(C(=O)O)N2C(=O)[C@@H](NC(=O)C(=NOCC(C)C)c3csc(N)n3)[C@H]2SC1. The predicted molar refractivity (Wildman–Crippen MR) is 120 cm³/mol. The van der Waals surface area contributed by atoms with E-state index in [0.717, 1.165) is 16.2 Å². The Morgan fingerprint density at radius 1 is 1.42 bits per heavy atom. The number of carboxylic acids is 1. The van der Waals surface area contributed by atoms with Crippen LogP contribution in [-0.2, 0) is 28.8 Å². The van der Waals surface area contributed by atoms with Gasteiger partial charge in [0.1, 0.15) is 36.0 Å². The smallest absolute Gasteiger partial charge is 0.352 e. The van der Waals surface area contributed by atoms with Crippen molar-refractivity contribution in [3.63, 3.8) is 0 Å². The maximum absolute atomic E-state index is 12.9. The lowest BCUT2D eigenvalue weighted by atomic mass is 10.0. The Labute approximate surface area is 197 Å². The number of amides is 2. The molecule has 0 aromatic carbocycles. The van der Waals surface area contributed by atoms with Gasteiger partial charge in [-0.05, 0) is 5.92 Å². The maximum Gasteiger partial charge on any atom is 0.352 e. The number of nitrogens with zero attached hydrogens (tertiary/aromatic N) is 3. The molecule has 2 atom stereocenters. The van der Waals surface area contributed by atoms with E-state index in [0.29, 0.717) is 5.57 Å². The zero-order valence-electron chi connectivity index (χ0n) is 18.1. The lowest BCUT2D eigenvalue weighted by Gasteiger charge is -2.49. The number of carbonyl (C=O) groups excluding carboxylic acids is 3. The number of carboxylic acid groups (broad SMARTS) is 1. The number of nitrogens with one attached hydrogen (secondary N) is 1. The molecule has 1 aromatic rings. The Balaban J connectivity index is 1.77. The fourth-order valence-corrected chi connectivity index (χ4v) is 4.92. The first-order chi connectivity index (χ1) is 15.6. The molecule has 2 aliphatic heterocycles. The molecular weight excluding hydrogens is 474 g/mol. The lowest BCUT2D eigenvalue weighted by molar-refractivity contribution is -0.150. The van der Waals surface area contributed by atoms with Gasteiger partial charge in [0.05, 0.1) is 0 Å². The number of esters is 1. The van der Waals surface area contributed by atoms with Crippen molar-refractivity contribution < 1.29 is 33.9 Å². The van der Waals surface area contributed by atoms with Crippen molar-refractivity contribution in [1.29, 1.82) is 0 Å². The molecule has 0 saturated carbocycles. The first-order valence-corrected chi connectivity index (χ1v) is 11.8. The highest BCUT2D eigenvalue weighted by molar-refractivity contribution is 8.00. The number of ether oxygens (including phenoxy) is 1. The summed E-state index contributed by atoms with van der Waals surface area (Å²) < 4.78 is 4.91. The van der Waals surface area contributed by atoms with E-state index < -0.39 is 35.2 Å². The summed E-state index contributed by atoms with van der Waals surface area (Å²) >= 11 is 2.38. The number of oxime groups is 1. The summed E-state index contributed by atoms with van der Waals surface area (Å²) in [5, 5.41) is 17.3. The standard InChI is InChI=1S/C19H23N5O7S2/c1-8(2)4-31-23-12(11-7-33-19(20)21-11)15(26)22-13-16(27)24-14(18(28)29)10(5-30-9(3)25)6-32-17(13)24/h7-8,13,17H,4-6H2,1-3H3,(H2,20,21)(H,22,26)(H,28,29)/t13-,17-/m1/s1. The molecule has 0 unspecified atom stereocenters. The topological polar surface area (TPSA) is 174 Å². The molecule has 14 heteroatoms. The van der Waals surface area contributed by atoms with Crippen LogP contribution in [0, 0.1) is 5.92 Å². The van der Waals surface area contributed by atoms with E-state index in [1.54, 1.807) is 5.38 Å². The average Bonchev–Trinajstić information content (AvgIpc) is 3.17. The van der Waals surface area contributed by atoms with Crippen LogP contribution in [0.3, 0.4) is 0 Å². The zero-order valence-corrected chi connectivity index (χ0v) is 19.7. The van der Waals surface area contributed by atoms with Crippen molar-refractivity contribution in [1.82, 2.24) is 15.2 Å². The minimum Gasteiger partial charge on any atom is -0.477 e. The monoisotopic (exact) mass is 497 g/mol. The summed E-state index contributed by atoms with van der Waals surface area (Å²) in [6.45, 7) is 5.08. The first-order valence-electron chi connectivity index (χ1n) is 9.85. The van der Waals surface area contributed by atoms with Crippen LogP contribution in [0.15, 0.2) is 21.8 Å². The molecule has 4 N–H and O–H groups in total. The van der Waals surface area contributed by atoms with Crippen LogP contribution in [0.5, 0.6) is 0 Å². The molecule has 1 fully saturated rings. The summed E-state index contributed by atoms with van der Waals surface area (Å²) in [5.41, 5.74) is 5.79. The summed E-state index contributed by atoms with van der Waals surface area (Å²) in [7, 11) is 0. The molecule has 1 aromatic heterocycles. The summed E-state index contributed by atoms with van der Waals surface area (Å²) in [6.07, 6.45) is 0. The number of fused-ring (bicyclic) bond motifs is 1. The highest BCUT2D eigenvalue weighted by Crippen LogP contribution is 2.40. The third-order valence-corrected chi connectivity index (χ3v) is 6.54. The van der Waals surface area contributed by atoms with Crippen molar-refractivity contribution in [2.24, 2.45) is 11.1 Å². The average molecular weight is 498 g/mol. The number of aromatic nitrogens is 1. The van der Waals surface area contributed by atoms with Crippen LogP contribution in [0.1, 0.15) is 26.5 Å². The van der Waals surface area contributed by atoms with Crippen LogP contribution in [0.25, 0.3) is 0 Å². The summed E-state index contributed by atoms with van der Waals surface area (Å²) in [6, 6.07) is -0.974. The quantitative estimate of drug-likeness (QED) is 0.188. The van der Waals surface area contributed by atoms with Gasteiger partial charge in [-0.3, -0.25) is 19.3 Å². The molecule has 0 aliphatic carbocycles. The molecule has 1 saturated heterocycles. The number of anilines is 1. The second-order valence-corrected chi connectivity index (χ2v) is 9.59. The van der Waals surface area contributed by atoms with Gasteiger partial charge in [0.15, 0.2) is 10.8 Å². The second-order valence-electron chi connectivity index (χ2n) is 7.60. The summed E-state index contributed by atoms with van der Waals surface area (Å²) in [5.74, 6) is -2.79. The lowest BCUT2D eigenvalue weighted by Crippen LogP contribution is -2.71. The molecular formula is C19H23N5O7S2. The molecule has 178 valence electrons. The van der Waals surface area contributed by atoms with E-state index in [4.69, 9.17) is 15.3 Å². The number of β-lactam (4-membered cyclic amide) rings is 1. The number of thioether (sulfide) groups is 1. The number of rotatable bonds is 9. The van der Waals surface area contributed by atoms with E-state index in [1.165, 1.54) is 18.7 Å². The summed E-state index contributed by atoms with van der Waals surface area (Å²) in [4.78, 5) is 59.0. The van der Waals surface area contributed by atoms with Crippen molar-refractivity contribution in [2.75, 3.05) is 24.7 Å². The highest BCUT2D eigenvalue weighted by Gasteiger charge is 2.54. The molecule has 0 bridgehead atoms. The van der Waals surface area contributed by atoms with E-state index in [-0.39, 0.29) is 47.1 Å². The largest absolute Gasteiger partial charge is 0.477 e. The van der Waals surface area contributed by atoms with Gasteiger partial charge in [-0.2, -0.15) is 0 Å². The fourth-order valence-electron chi connectivity index (χ4n) is 3.04. The molecule has 2 amide bonds. The number of thiazole rings is 1. The van der Waals surface area contributed by atoms with Crippen LogP contribution in [-0.4, -0.2) is 74.8 Å². The molecule has 2 aliphatic rings. The van der Waals surface area contributed by atoms with Gasteiger partial charge in [-0.15, -0.1) is 23.1 Å². The minimum absolute atomic E-state index is 0.139. The number of carbonyl (C=O) groups is 4. The molecule has 3 rings (SSSR count). The van der Waals surface area contributed by atoms with Crippen LogP contribution in [0.2, 0.25) is 0 Å². The van der Waals surface area contributed by atoms with E-state index >= 15 is 0 Å². The Kier molecular flexibility index (Phi) is 7.58. The highest BCUT2D eigenvalue weighted by atomic mass is 32.2. The maximum atomic E-state index is 12.9. The van der Waals surface area contributed by atoms with Crippen LogP contribution in [0.4, 0.5) is 5.13 Å².